The largest absolute Gasteiger partial charge is 0.508 e. The number of aromatic hydroxyl groups is 1. The molecule has 4 aliphatic rings. The van der Waals surface area contributed by atoms with Gasteiger partial charge in [-0.1, -0.05) is 54.6 Å². The van der Waals surface area contributed by atoms with Gasteiger partial charge in [0.15, 0.2) is 0 Å². The second-order valence-corrected chi connectivity index (χ2v) is 16.0. The smallest absolute Gasteiger partial charge is 0.261 e. The second kappa shape index (κ2) is 16.3. The first kappa shape index (κ1) is 37.4. The number of hydrogen-bond acceptors (Lipinski definition) is 8. The summed E-state index contributed by atoms with van der Waals surface area (Å²) in [5.74, 6) is 0.0855. The molecule has 0 spiro atoms. The molecule has 4 aromatic carbocycles. The minimum atomic E-state index is -0.993. The highest BCUT2D eigenvalue weighted by Crippen LogP contribution is 2.47. The van der Waals surface area contributed by atoms with E-state index in [1.807, 2.05) is 37.3 Å². The van der Waals surface area contributed by atoms with Gasteiger partial charge >= 0.3 is 0 Å². The number of phenolic OH excluding ortho intramolecular Hbond substituents is 1. The molecule has 0 aromatic heterocycles. The van der Waals surface area contributed by atoms with Gasteiger partial charge in [-0.05, 0) is 115 Å². The Bertz CT molecular complexity index is 2070. The molecule has 2 N–H and O–H groups in total. The van der Waals surface area contributed by atoms with Crippen LogP contribution in [0.5, 0.6) is 5.75 Å². The Hall–Kier alpha value is -5.48. The highest BCUT2D eigenvalue weighted by Gasteiger charge is 2.36. The molecule has 4 aromatic rings. The van der Waals surface area contributed by atoms with Gasteiger partial charge in [-0.25, -0.2) is 0 Å². The molecule has 10 nitrogen and oxygen atoms in total. The van der Waals surface area contributed by atoms with Gasteiger partial charge in [0.2, 0.25) is 18.2 Å². The van der Waals surface area contributed by atoms with E-state index in [0.717, 1.165) is 87.6 Å². The second-order valence-electron chi connectivity index (χ2n) is 16.0. The Labute approximate surface area is 329 Å². The number of fused-ring (bicyclic) bond motifs is 1. The van der Waals surface area contributed by atoms with Crippen molar-refractivity contribution >= 4 is 35.5 Å². The molecular formula is C46H51N5O5. The van der Waals surface area contributed by atoms with Crippen molar-refractivity contribution in [2.45, 2.75) is 63.3 Å². The summed E-state index contributed by atoms with van der Waals surface area (Å²) in [6.07, 6.45) is 4.95. The van der Waals surface area contributed by atoms with Crippen LogP contribution in [-0.4, -0.2) is 90.9 Å². The van der Waals surface area contributed by atoms with Crippen LogP contribution in [0.25, 0.3) is 0 Å². The van der Waals surface area contributed by atoms with Gasteiger partial charge < -0.3 is 14.9 Å². The van der Waals surface area contributed by atoms with Crippen LogP contribution in [0.2, 0.25) is 0 Å². The zero-order valence-electron chi connectivity index (χ0n) is 32.1. The van der Waals surface area contributed by atoms with Crippen LogP contribution >= 0.6 is 0 Å². The van der Waals surface area contributed by atoms with E-state index < -0.39 is 23.8 Å². The van der Waals surface area contributed by atoms with E-state index in [9.17, 15) is 24.3 Å². The van der Waals surface area contributed by atoms with E-state index in [1.165, 1.54) is 27.9 Å². The van der Waals surface area contributed by atoms with Crippen LogP contribution in [0, 0.1) is 12.8 Å². The minimum Gasteiger partial charge on any atom is -0.508 e. The Morgan fingerprint density at radius 3 is 2.21 bits per heavy atom. The zero-order chi connectivity index (χ0) is 38.8. The van der Waals surface area contributed by atoms with Gasteiger partial charge in [-0.2, -0.15) is 0 Å². The van der Waals surface area contributed by atoms with E-state index in [-0.39, 0.29) is 18.8 Å². The maximum Gasteiger partial charge on any atom is 0.261 e. The molecule has 0 saturated carbocycles. The Kier molecular flexibility index (Phi) is 10.9. The summed E-state index contributed by atoms with van der Waals surface area (Å²) in [5, 5.41) is 12.5. The molecule has 8 rings (SSSR count). The third kappa shape index (κ3) is 7.80. The minimum absolute atomic E-state index is 0.0885. The number of piperazine rings is 1. The lowest BCUT2D eigenvalue weighted by atomic mass is 9.69. The van der Waals surface area contributed by atoms with Crippen molar-refractivity contribution < 1.29 is 24.3 Å². The third-order valence-corrected chi connectivity index (χ3v) is 12.6. The number of rotatable bonds is 9. The number of aryl methyl sites for hydroxylation is 2. The van der Waals surface area contributed by atoms with Crippen molar-refractivity contribution in [1.29, 1.82) is 0 Å². The highest BCUT2D eigenvalue weighted by molar-refractivity contribution is 6.07. The predicted molar refractivity (Wildman–Crippen MR) is 217 cm³/mol. The van der Waals surface area contributed by atoms with E-state index in [1.54, 1.807) is 0 Å². The van der Waals surface area contributed by atoms with Crippen molar-refractivity contribution in [2.75, 3.05) is 55.6 Å². The molecule has 3 atom stereocenters. The number of piperidine rings is 2. The molecule has 56 heavy (non-hydrogen) atoms. The third-order valence-electron chi connectivity index (χ3n) is 12.6. The maximum absolute atomic E-state index is 13.5. The molecule has 0 bridgehead atoms. The quantitative estimate of drug-likeness (QED) is 0.158. The highest BCUT2D eigenvalue weighted by atomic mass is 16.3. The fourth-order valence-corrected chi connectivity index (χ4v) is 9.48. The molecule has 3 fully saturated rings. The zero-order valence-corrected chi connectivity index (χ0v) is 32.1. The molecule has 3 unspecified atom stereocenters. The first-order valence-electron chi connectivity index (χ1n) is 20.2. The van der Waals surface area contributed by atoms with Gasteiger partial charge in [0.05, 0.1) is 0 Å². The molecule has 4 amide bonds. The fourth-order valence-electron chi connectivity index (χ4n) is 9.48. The molecule has 10 heteroatoms. The van der Waals surface area contributed by atoms with Crippen molar-refractivity contribution in [2.24, 2.45) is 5.92 Å². The lowest BCUT2D eigenvalue weighted by molar-refractivity contribution is -0.139. The lowest BCUT2D eigenvalue weighted by Gasteiger charge is -2.40. The van der Waals surface area contributed by atoms with Crippen molar-refractivity contribution in [3.63, 3.8) is 0 Å². The molecule has 1 aliphatic carbocycles. The van der Waals surface area contributed by atoms with Crippen molar-refractivity contribution in [3.05, 3.63) is 124 Å². The molecule has 3 saturated heterocycles. The van der Waals surface area contributed by atoms with Gasteiger partial charge in [-0.15, -0.1) is 0 Å². The monoisotopic (exact) mass is 753 g/mol. The topological polar surface area (TPSA) is 114 Å². The number of imide groups is 2. The summed E-state index contributed by atoms with van der Waals surface area (Å²) in [5.41, 5.74) is 8.60. The van der Waals surface area contributed by atoms with Gasteiger partial charge in [0.1, 0.15) is 11.8 Å². The summed E-state index contributed by atoms with van der Waals surface area (Å²) in [6, 6.07) is 30.8. The molecule has 0 radical (unpaired) electrons. The van der Waals surface area contributed by atoms with Crippen LogP contribution in [-0.2, 0) is 20.8 Å². The van der Waals surface area contributed by atoms with Crippen LogP contribution in [0.4, 0.5) is 11.4 Å². The Morgan fingerprint density at radius 1 is 0.786 bits per heavy atom. The normalized spacial score (nSPS) is 22.0. The number of carbonyl (C=O) groups is 4. The van der Waals surface area contributed by atoms with Crippen molar-refractivity contribution in [3.8, 4) is 5.75 Å². The summed E-state index contributed by atoms with van der Waals surface area (Å²) >= 11 is 0. The molecule has 3 heterocycles. The van der Waals surface area contributed by atoms with Gasteiger partial charge in [-0.3, -0.25) is 34.3 Å². The summed E-state index contributed by atoms with van der Waals surface area (Å²) in [4.78, 5) is 57.9. The van der Waals surface area contributed by atoms with E-state index >= 15 is 0 Å². The average Bonchev–Trinajstić information content (AvgIpc) is 3.22. The Morgan fingerprint density at radius 2 is 1.50 bits per heavy atom. The van der Waals surface area contributed by atoms with E-state index in [4.69, 9.17) is 0 Å². The number of anilines is 2. The number of benzene rings is 4. The summed E-state index contributed by atoms with van der Waals surface area (Å²) in [6.45, 7) is 8.53. The molecule has 290 valence electrons. The number of hydrogen-bond donors (Lipinski definition) is 2. The summed E-state index contributed by atoms with van der Waals surface area (Å²) < 4.78 is 0. The van der Waals surface area contributed by atoms with Crippen molar-refractivity contribution in [1.82, 2.24) is 15.1 Å². The van der Waals surface area contributed by atoms with Crippen LogP contribution in [0.3, 0.4) is 0 Å². The Balaban J connectivity index is 0.851. The SMILES string of the molecule is Cc1ccc(N2CCN(CC3CCN(c4ccc(C5c6ccc(O)cc6CCC5c5ccccc5)cc4)CC3)CC2)cc1C(=O)N(C=O)C1CCC(=O)NC1=O. The first-order valence-corrected chi connectivity index (χ1v) is 20.2. The van der Waals surface area contributed by atoms with Crippen LogP contribution in [0.15, 0.2) is 91.0 Å². The lowest BCUT2D eigenvalue weighted by Crippen LogP contribution is -2.54. The number of nitrogens with one attached hydrogen (secondary N) is 1. The number of nitrogens with zero attached hydrogens (tertiary/aromatic N) is 4. The van der Waals surface area contributed by atoms with Gasteiger partial charge in [0.25, 0.3) is 5.91 Å². The standard InChI is InChI=1S/C46H51N5O5/c1-31-7-11-37(28-41(31)46(56)51(30-52)42-17-18-43(54)47-45(42)55)50-25-23-48(24-26-50)29-32-19-21-49(22-20-32)36-12-8-34(9-13-36)44-39(33-5-3-2-4-6-33)15-10-35-27-38(53)14-16-40(35)44/h2-9,11-14,16,27-28,30,32,39,42,44,53H,10,15,17-26,29H2,1H3,(H,47,54,55). The van der Waals surface area contributed by atoms with E-state index in [2.05, 4.69) is 80.7 Å². The number of phenols is 1. The maximum atomic E-state index is 13.5. The van der Waals surface area contributed by atoms with E-state index in [0.29, 0.717) is 29.6 Å². The molecule has 3 aliphatic heterocycles. The molecular weight excluding hydrogens is 703 g/mol. The predicted octanol–water partition coefficient (Wildman–Crippen LogP) is 6.00. The van der Waals surface area contributed by atoms with Gasteiger partial charge in [0, 0.05) is 75.1 Å². The van der Waals surface area contributed by atoms with Crippen LogP contribution in [0.1, 0.15) is 82.1 Å². The number of amides is 4. The summed E-state index contributed by atoms with van der Waals surface area (Å²) in [7, 11) is 0. The van der Waals surface area contributed by atoms with Crippen LogP contribution < -0.4 is 15.1 Å². The fraction of sp³-hybridized carbons (Fsp3) is 0.391. The number of carbonyl (C=O) groups excluding carboxylic acids is 4. The first-order chi connectivity index (χ1) is 27.2. The average molecular weight is 754 g/mol.